The first-order valence-electron chi connectivity index (χ1n) is 9.92. The minimum absolute atomic E-state index is 0.666. The number of halogens is 1. The Morgan fingerprint density at radius 3 is 2.62 bits per heavy atom. The maximum Gasteiger partial charge on any atom is 0.110 e. The molecular formula is C25H22ClN3. The number of rotatable bonds is 6. The van der Waals surface area contributed by atoms with Gasteiger partial charge >= 0.3 is 0 Å². The SMILES string of the molecule is CCCCc1nc2ccc(Cl)cc2n1Cc1ccc(-c2ccccc2)c(C#N)c1. The normalized spacial score (nSPS) is 10.9. The van der Waals surface area contributed by atoms with Crippen molar-refractivity contribution in [2.24, 2.45) is 0 Å². The van der Waals surface area contributed by atoms with Crippen LogP contribution in [0.4, 0.5) is 0 Å². The zero-order valence-corrected chi connectivity index (χ0v) is 17.2. The van der Waals surface area contributed by atoms with Gasteiger partial charge < -0.3 is 4.57 Å². The molecule has 0 saturated carbocycles. The fraction of sp³-hybridized carbons (Fsp3) is 0.200. The fourth-order valence-corrected chi connectivity index (χ4v) is 3.85. The summed E-state index contributed by atoms with van der Waals surface area (Å²) in [6, 6.07) is 24.4. The highest BCUT2D eigenvalue weighted by Gasteiger charge is 2.13. The molecular weight excluding hydrogens is 378 g/mol. The Kier molecular flexibility index (Phi) is 5.64. The third-order valence-electron chi connectivity index (χ3n) is 5.17. The van der Waals surface area contributed by atoms with E-state index < -0.39 is 0 Å². The van der Waals surface area contributed by atoms with Crippen LogP contribution in [0.3, 0.4) is 0 Å². The molecule has 1 heterocycles. The Balaban J connectivity index is 1.75. The van der Waals surface area contributed by atoms with Crippen molar-refractivity contribution < 1.29 is 0 Å². The molecule has 3 aromatic carbocycles. The van der Waals surface area contributed by atoms with E-state index in [9.17, 15) is 5.26 Å². The zero-order chi connectivity index (χ0) is 20.2. The van der Waals surface area contributed by atoms with E-state index in [0.29, 0.717) is 17.1 Å². The molecule has 3 nitrogen and oxygen atoms in total. The number of nitrogens with zero attached hydrogens (tertiary/aromatic N) is 3. The summed E-state index contributed by atoms with van der Waals surface area (Å²) in [5.41, 5.74) is 5.78. The van der Waals surface area contributed by atoms with Crippen LogP contribution in [0.15, 0.2) is 66.7 Å². The van der Waals surface area contributed by atoms with Gasteiger partial charge in [0, 0.05) is 18.0 Å². The van der Waals surface area contributed by atoms with Crippen LogP contribution in [0.25, 0.3) is 22.2 Å². The first-order chi connectivity index (χ1) is 14.2. The summed E-state index contributed by atoms with van der Waals surface area (Å²) < 4.78 is 2.23. The Bertz CT molecular complexity index is 1190. The van der Waals surface area contributed by atoms with Gasteiger partial charge in [0.25, 0.3) is 0 Å². The predicted octanol–water partition coefficient (Wildman–Crippen LogP) is 6.62. The van der Waals surface area contributed by atoms with Crippen molar-refractivity contribution in [1.29, 1.82) is 5.26 Å². The van der Waals surface area contributed by atoms with Crippen LogP contribution in [0.2, 0.25) is 5.02 Å². The van der Waals surface area contributed by atoms with E-state index in [0.717, 1.165) is 52.8 Å². The van der Waals surface area contributed by atoms with E-state index in [-0.39, 0.29) is 0 Å². The van der Waals surface area contributed by atoms with Crippen LogP contribution < -0.4 is 0 Å². The second kappa shape index (κ2) is 8.51. The van der Waals surface area contributed by atoms with Gasteiger partial charge in [0.1, 0.15) is 5.82 Å². The number of aryl methyl sites for hydroxylation is 1. The third kappa shape index (κ3) is 4.04. The molecule has 144 valence electrons. The summed E-state index contributed by atoms with van der Waals surface area (Å²) in [6.45, 7) is 2.85. The lowest BCUT2D eigenvalue weighted by molar-refractivity contribution is 0.690. The van der Waals surface area contributed by atoms with Gasteiger partial charge in [-0.15, -0.1) is 0 Å². The van der Waals surface area contributed by atoms with Crippen LogP contribution >= 0.6 is 11.6 Å². The number of benzene rings is 3. The van der Waals surface area contributed by atoms with E-state index in [2.05, 4.69) is 23.6 Å². The van der Waals surface area contributed by atoms with Gasteiger partial charge in [-0.05, 0) is 47.4 Å². The minimum Gasteiger partial charge on any atom is -0.323 e. The molecule has 4 aromatic rings. The molecule has 0 amide bonds. The van der Waals surface area contributed by atoms with Crippen molar-refractivity contribution in [3.63, 3.8) is 0 Å². The summed E-state index contributed by atoms with van der Waals surface area (Å²) in [5, 5.41) is 10.4. The monoisotopic (exact) mass is 399 g/mol. The van der Waals surface area contributed by atoms with Gasteiger partial charge in [-0.25, -0.2) is 4.98 Å². The molecule has 4 heteroatoms. The average molecular weight is 400 g/mol. The first-order valence-corrected chi connectivity index (χ1v) is 10.3. The number of imidazole rings is 1. The summed E-state index contributed by atoms with van der Waals surface area (Å²) in [5.74, 6) is 1.06. The molecule has 0 aliphatic heterocycles. The second-order valence-electron chi connectivity index (χ2n) is 7.21. The molecule has 0 radical (unpaired) electrons. The lowest BCUT2D eigenvalue weighted by Gasteiger charge is -2.12. The van der Waals surface area contributed by atoms with Crippen molar-refractivity contribution in [2.45, 2.75) is 32.7 Å². The van der Waals surface area contributed by atoms with Crippen LogP contribution in [0.1, 0.15) is 36.7 Å². The fourth-order valence-electron chi connectivity index (χ4n) is 3.68. The average Bonchev–Trinajstić information content (AvgIpc) is 3.09. The molecule has 1 aromatic heterocycles. The lowest BCUT2D eigenvalue weighted by atomic mass is 9.98. The van der Waals surface area contributed by atoms with E-state index in [1.807, 2.05) is 60.7 Å². The molecule has 0 N–H and O–H groups in total. The van der Waals surface area contributed by atoms with Crippen molar-refractivity contribution in [3.05, 3.63) is 88.7 Å². The number of hydrogen-bond donors (Lipinski definition) is 0. The molecule has 29 heavy (non-hydrogen) atoms. The third-order valence-corrected chi connectivity index (χ3v) is 5.41. The molecule has 0 spiro atoms. The number of nitriles is 1. The molecule has 0 aliphatic rings. The molecule has 4 rings (SSSR count). The second-order valence-corrected chi connectivity index (χ2v) is 7.64. The molecule has 0 fully saturated rings. The summed E-state index contributed by atoms with van der Waals surface area (Å²) in [6.07, 6.45) is 3.14. The molecule has 0 saturated heterocycles. The standard InChI is InChI=1S/C25H22ClN3/c1-2-3-9-25-28-23-13-11-21(26)15-24(23)29(25)17-18-10-12-22(20(14-18)16-27)19-7-5-4-6-8-19/h4-8,10-15H,2-3,9,17H2,1H3. The summed E-state index contributed by atoms with van der Waals surface area (Å²) in [7, 11) is 0. The quantitative estimate of drug-likeness (QED) is 0.365. The van der Waals surface area contributed by atoms with Crippen LogP contribution in [-0.4, -0.2) is 9.55 Å². The lowest BCUT2D eigenvalue weighted by Crippen LogP contribution is -2.06. The van der Waals surface area contributed by atoms with Crippen LogP contribution in [0.5, 0.6) is 0 Å². The largest absolute Gasteiger partial charge is 0.323 e. The highest BCUT2D eigenvalue weighted by Crippen LogP contribution is 2.27. The van der Waals surface area contributed by atoms with Gasteiger partial charge in [-0.1, -0.05) is 67.4 Å². The molecule has 0 bridgehead atoms. The van der Waals surface area contributed by atoms with Crippen molar-refractivity contribution >= 4 is 22.6 Å². The van der Waals surface area contributed by atoms with E-state index in [1.54, 1.807) is 0 Å². The maximum absolute atomic E-state index is 9.72. The smallest absolute Gasteiger partial charge is 0.110 e. The Morgan fingerprint density at radius 2 is 1.86 bits per heavy atom. The van der Waals surface area contributed by atoms with Gasteiger partial charge in [-0.3, -0.25) is 0 Å². The van der Waals surface area contributed by atoms with Crippen LogP contribution in [-0.2, 0) is 13.0 Å². The Hall–Kier alpha value is -3.09. The van der Waals surface area contributed by atoms with Crippen molar-refractivity contribution in [2.75, 3.05) is 0 Å². The number of aromatic nitrogens is 2. The zero-order valence-electron chi connectivity index (χ0n) is 16.4. The van der Waals surface area contributed by atoms with Gasteiger partial charge in [0.15, 0.2) is 0 Å². The van der Waals surface area contributed by atoms with Gasteiger partial charge in [0.05, 0.1) is 22.7 Å². The summed E-state index contributed by atoms with van der Waals surface area (Å²) in [4.78, 5) is 4.83. The van der Waals surface area contributed by atoms with Crippen molar-refractivity contribution in [1.82, 2.24) is 9.55 Å². The van der Waals surface area contributed by atoms with Gasteiger partial charge in [0.2, 0.25) is 0 Å². The Morgan fingerprint density at radius 1 is 1.03 bits per heavy atom. The number of hydrogen-bond acceptors (Lipinski definition) is 2. The molecule has 0 aliphatic carbocycles. The Labute approximate surface area is 176 Å². The molecule has 0 unspecified atom stereocenters. The van der Waals surface area contributed by atoms with Crippen molar-refractivity contribution in [3.8, 4) is 17.2 Å². The van der Waals surface area contributed by atoms with E-state index >= 15 is 0 Å². The topological polar surface area (TPSA) is 41.6 Å². The highest BCUT2D eigenvalue weighted by atomic mass is 35.5. The minimum atomic E-state index is 0.666. The van der Waals surface area contributed by atoms with Gasteiger partial charge in [-0.2, -0.15) is 5.26 Å². The molecule has 0 atom stereocenters. The summed E-state index contributed by atoms with van der Waals surface area (Å²) >= 11 is 6.26. The predicted molar refractivity (Wildman–Crippen MR) is 119 cm³/mol. The van der Waals surface area contributed by atoms with Crippen LogP contribution in [0, 0.1) is 11.3 Å². The highest BCUT2D eigenvalue weighted by molar-refractivity contribution is 6.31. The first kappa shape index (κ1) is 19.2. The van der Waals surface area contributed by atoms with E-state index in [1.165, 1.54) is 0 Å². The van der Waals surface area contributed by atoms with E-state index in [4.69, 9.17) is 16.6 Å². The number of fused-ring (bicyclic) bond motifs is 1. The maximum atomic E-state index is 9.72. The number of unbranched alkanes of at least 4 members (excludes halogenated alkanes) is 1.